The molecular formula is C14H21N3O4. The van der Waals surface area contributed by atoms with Gasteiger partial charge in [0.05, 0.1) is 18.9 Å². The molecule has 21 heavy (non-hydrogen) atoms. The van der Waals surface area contributed by atoms with Crippen LogP contribution in [-0.2, 0) is 4.74 Å². The number of rotatable bonds is 7. The number of nitrogens with one attached hydrogen (secondary N) is 1. The number of hydrogen-bond acceptors (Lipinski definition) is 5. The van der Waals surface area contributed by atoms with Gasteiger partial charge in [0.2, 0.25) is 0 Å². The highest BCUT2D eigenvalue weighted by atomic mass is 16.5. The SMILES string of the molecule is COCCN(CCO)C(=O)c1c(C)nc(C2CC2)[nH]c1=O. The van der Waals surface area contributed by atoms with Crippen LogP contribution in [0.1, 0.15) is 40.6 Å². The Morgan fingerprint density at radius 1 is 1.48 bits per heavy atom. The molecule has 116 valence electrons. The van der Waals surface area contributed by atoms with Gasteiger partial charge in [-0.1, -0.05) is 0 Å². The predicted molar refractivity (Wildman–Crippen MR) is 76.4 cm³/mol. The summed E-state index contributed by atoms with van der Waals surface area (Å²) < 4.78 is 4.95. The Bertz CT molecular complexity index is 566. The first-order chi connectivity index (χ1) is 10.1. The van der Waals surface area contributed by atoms with Crippen LogP contribution >= 0.6 is 0 Å². The Kier molecular flexibility index (Phi) is 5.08. The molecule has 2 N–H and O–H groups in total. The summed E-state index contributed by atoms with van der Waals surface area (Å²) in [6, 6.07) is 0. The Labute approximate surface area is 123 Å². The van der Waals surface area contributed by atoms with Crippen LogP contribution in [0.2, 0.25) is 0 Å². The third kappa shape index (κ3) is 3.68. The maximum Gasteiger partial charge on any atom is 0.264 e. The van der Waals surface area contributed by atoms with Crippen LogP contribution in [0.25, 0.3) is 0 Å². The zero-order valence-corrected chi connectivity index (χ0v) is 12.4. The minimum absolute atomic E-state index is 0.0453. The van der Waals surface area contributed by atoms with Crippen molar-refractivity contribution in [3.8, 4) is 0 Å². The monoisotopic (exact) mass is 295 g/mol. The van der Waals surface area contributed by atoms with Gasteiger partial charge in [0.25, 0.3) is 11.5 Å². The van der Waals surface area contributed by atoms with Crippen LogP contribution < -0.4 is 5.56 Å². The zero-order valence-electron chi connectivity index (χ0n) is 12.4. The highest BCUT2D eigenvalue weighted by molar-refractivity contribution is 5.94. The number of aryl methyl sites for hydroxylation is 1. The van der Waals surface area contributed by atoms with Crippen molar-refractivity contribution in [2.24, 2.45) is 0 Å². The summed E-state index contributed by atoms with van der Waals surface area (Å²) in [4.78, 5) is 33.1. The largest absolute Gasteiger partial charge is 0.395 e. The molecule has 0 aromatic carbocycles. The van der Waals surface area contributed by atoms with E-state index < -0.39 is 11.5 Å². The third-order valence-electron chi connectivity index (χ3n) is 3.52. The van der Waals surface area contributed by atoms with Gasteiger partial charge in [0.15, 0.2) is 0 Å². The van der Waals surface area contributed by atoms with Gasteiger partial charge in [-0.15, -0.1) is 0 Å². The molecule has 1 amide bonds. The van der Waals surface area contributed by atoms with E-state index in [0.29, 0.717) is 30.6 Å². The summed E-state index contributed by atoms with van der Waals surface area (Å²) in [6.07, 6.45) is 2.06. The van der Waals surface area contributed by atoms with Crippen molar-refractivity contribution in [2.75, 3.05) is 33.4 Å². The quantitative estimate of drug-likeness (QED) is 0.740. The molecule has 0 aliphatic heterocycles. The number of carbonyl (C=O) groups excluding carboxylic acids is 1. The molecule has 7 nitrogen and oxygen atoms in total. The molecule has 1 fully saturated rings. The standard InChI is InChI=1S/C14H21N3O4/c1-9-11(13(19)16-12(15-9)10-3-4-10)14(20)17(5-7-18)6-8-21-2/h10,18H,3-8H2,1-2H3,(H,15,16,19). The normalized spacial score (nSPS) is 14.2. The molecule has 1 aliphatic rings. The van der Waals surface area contributed by atoms with Gasteiger partial charge < -0.3 is 19.7 Å². The van der Waals surface area contributed by atoms with E-state index in [4.69, 9.17) is 9.84 Å². The van der Waals surface area contributed by atoms with Gasteiger partial charge in [0.1, 0.15) is 11.4 Å². The minimum Gasteiger partial charge on any atom is -0.395 e. The number of methoxy groups -OCH3 is 1. The molecule has 1 saturated carbocycles. The van der Waals surface area contributed by atoms with Crippen molar-refractivity contribution in [1.82, 2.24) is 14.9 Å². The molecule has 1 aromatic rings. The van der Waals surface area contributed by atoms with E-state index in [-0.39, 0.29) is 18.7 Å². The number of ether oxygens (including phenoxy) is 1. The molecule has 0 unspecified atom stereocenters. The molecule has 0 atom stereocenters. The fraction of sp³-hybridized carbons (Fsp3) is 0.643. The Hall–Kier alpha value is -1.73. The molecule has 0 saturated heterocycles. The number of amides is 1. The Morgan fingerprint density at radius 3 is 2.71 bits per heavy atom. The molecule has 7 heteroatoms. The van der Waals surface area contributed by atoms with Crippen molar-refractivity contribution in [3.63, 3.8) is 0 Å². The van der Waals surface area contributed by atoms with E-state index in [1.54, 1.807) is 6.92 Å². The summed E-state index contributed by atoms with van der Waals surface area (Å²) in [6.45, 7) is 2.32. The maximum atomic E-state index is 12.5. The predicted octanol–water partition coefficient (Wildman–Crippen LogP) is 0.0366. The van der Waals surface area contributed by atoms with E-state index in [0.717, 1.165) is 12.8 Å². The second kappa shape index (κ2) is 6.82. The lowest BCUT2D eigenvalue weighted by molar-refractivity contribution is 0.0653. The maximum absolute atomic E-state index is 12.5. The number of aromatic amines is 1. The lowest BCUT2D eigenvalue weighted by atomic mass is 10.2. The van der Waals surface area contributed by atoms with Crippen LogP contribution in [0.15, 0.2) is 4.79 Å². The molecule has 2 rings (SSSR count). The first-order valence-electron chi connectivity index (χ1n) is 7.08. The Balaban J connectivity index is 2.26. The number of aliphatic hydroxyl groups excluding tert-OH is 1. The van der Waals surface area contributed by atoms with Crippen LogP contribution in [0.4, 0.5) is 0 Å². The first kappa shape index (κ1) is 15.7. The summed E-state index contributed by atoms with van der Waals surface area (Å²) in [5.41, 5.74) is 0.0738. The second-order valence-electron chi connectivity index (χ2n) is 5.19. The number of nitrogens with zero attached hydrogens (tertiary/aromatic N) is 2. The lowest BCUT2D eigenvalue weighted by Gasteiger charge is -2.21. The van der Waals surface area contributed by atoms with Crippen LogP contribution in [0.3, 0.4) is 0 Å². The van der Waals surface area contributed by atoms with E-state index in [1.807, 2.05) is 0 Å². The summed E-state index contributed by atoms with van der Waals surface area (Å²) in [5, 5.41) is 9.06. The zero-order chi connectivity index (χ0) is 15.4. The van der Waals surface area contributed by atoms with Crippen LogP contribution in [0, 0.1) is 6.92 Å². The summed E-state index contributed by atoms with van der Waals surface area (Å²) in [7, 11) is 1.53. The topological polar surface area (TPSA) is 95.5 Å². The van der Waals surface area contributed by atoms with Gasteiger partial charge in [-0.2, -0.15) is 0 Å². The number of H-pyrrole nitrogens is 1. The van der Waals surface area contributed by atoms with E-state index in [1.165, 1.54) is 12.0 Å². The average Bonchev–Trinajstić information content (AvgIpc) is 3.26. The van der Waals surface area contributed by atoms with Crippen LogP contribution in [-0.4, -0.2) is 59.3 Å². The van der Waals surface area contributed by atoms with E-state index in [9.17, 15) is 9.59 Å². The molecule has 1 aliphatic carbocycles. The van der Waals surface area contributed by atoms with Crippen LogP contribution in [0.5, 0.6) is 0 Å². The minimum atomic E-state index is -0.422. The molecule has 1 heterocycles. The van der Waals surface area contributed by atoms with Crippen molar-refractivity contribution >= 4 is 5.91 Å². The highest BCUT2D eigenvalue weighted by Crippen LogP contribution is 2.37. The fourth-order valence-corrected chi connectivity index (χ4v) is 2.20. The van der Waals surface area contributed by atoms with Gasteiger partial charge in [-0.25, -0.2) is 4.98 Å². The van der Waals surface area contributed by atoms with Crippen molar-refractivity contribution in [3.05, 3.63) is 27.4 Å². The number of carbonyl (C=O) groups is 1. The second-order valence-corrected chi connectivity index (χ2v) is 5.19. The van der Waals surface area contributed by atoms with Crippen molar-refractivity contribution in [2.45, 2.75) is 25.7 Å². The number of hydrogen-bond donors (Lipinski definition) is 2. The first-order valence-corrected chi connectivity index (χ1v) is 7.08. The van der Waals surface area contributed by atoms with E-state index >= 15 is 0 Å². The fourth-order valence-electron chi connectivity index (χ4n) is 2.20. The highest BCUT2D eigenvalue weighted by Gasteiger charge is 2.29. The summed E-state index contributed by atoms with van der Waals surface area (Å²) in [5.74, 6) is 0.567. The molecule has 0 radical (unpaired) electrons. The van der Waals surface area contributed by atoms with Gasteiger partial charge in [-0.3, -0.25) is 9.59 Å². The van der Waals surface area contributed by atoms with E-state index in [2.05, 4.69) is 9.97 Å². The third-order valence-corrected chi connectivity index (χ3v) is 3.52. The van der Waals surface area contributed by atoms with Crippen molar-refractivity contribution < 1.29 is 14.6 Å². The van der Waals surface area contributed by atoms with Gasteiger partial charge in [-0.05, 0) is 19.8 Å². The number of aliphatic hydroxyl groups is 1. The summed E-state index contributed by atoms with van der Waals surface area (Å²) >= 11 is 0. The molecule has 0 spiro atoms. The van der Waals surface area contributed by atoms with Gasteiger partial charge in [0, 0.05) is 26.1 Å². The Morgan fingerprint density at radius 2 is 2.19 bits per heavy atom. The molecule has 0 bridgehead atoms. The lowest BCUT2D eigenvalue weighted by Crippen LogP contribution is -2.39. The molecular weight excluding hydrogens is 274 g/mol. The van der Waals surface area contributed by atoms with Gasteiger partial charge >= 0.3 is 0 Å². The van der Waals surface area contributed by atoms with Crippen molar-refractivity contribution in [1.29, 1.82) is 0 Å². The molecule has 1 aromatic heterocycles. The number of aromatic nitrogens is 2. The smallest absolute Gasteiger partial charge is 0.264 e. The average molecular weight is 295 g/mol.